The van der Waals surface area contributed by atoms with Crippen LogP contribution in [0.2, 0.25) is 5.02 Å². The number of hydrogen-bond acceptors (Lipinski definition) is 3. The minimum Gasteiger partial charge on any atom is -0.378 e. The Morgan fingerprint density at radius 2 is 2.00 bits per heavy atom. The van der Waals surface area contributed by atoms with Crippen LogP contribution in [0.25, 0.3) is 0 Å². The topological polar surface area (TPSA) is 41.6 Å². The monoisotopic (exact) mass is 310 g/mol. The van der Waals surface area contributed by atoms with Crippen molar-refractivity contribution in [3.05, 3.63) is 23.2 Å². The molecule has 1 aromatic carbocycles. The lowest BCUT2D eigenvalue weighted by atomic mass is 9.92. The van der Waals surface area contributed by atoms with E-state index >= 15 is 0 Å². The van der Waals surface area contributed by atoms with Crippen LogP contribution in [0.1, 0.15) is 27.2 Å². The molecule has 0 aliphatic carbocycles. The molecular formula is C16H23ClN2O2. The Morgan fingerprint density at radius 1 is 1.33 bits per heavy atom. The minimum absolute atomic E-state index is 0.0106. The highest BCUT2D eigenvalue weighted by Crippen LogP contribution is 2.29. The zero-order valence-electron chi connectivity index (χ0n) is 12.9. The van der Waals surface area contributed by atoms with Crippen molar-refractivity contribution in [1.29, 1.82) is 0 Å². The summed E-state index contributed by atoms with van der Waals surface area (Å²) in [7, 11) is 0. The molecule has 1 amide bonds. The summed E-state index contributed by atoms with van der Waals surface area (Å²) < 4.78 is 5.34. The molecule has 4 nitrogen and oxygen atoms in total. The minimum atomic E-state index is -0.0374. The molecule has 1 aromatic rings. The number of benzene rings is 1. The van der Waals surface area contributed by atoms with Crippen LogP contribution in [0.3, 0.4) is 0 Å². The van der Waals surface area contributed by atoms with Crippen molar-refractivity contribution >= 4 is 28.9 Å². The predicted molar refractivity (Wildman–Crippen MR) is 87.2 cm³/mol. The van der Waals surface area contributed by atoms with E-state index in [0.717, 1.165) is 32.0 Å². The van der Waals surface area contributed by atoms with Gasteiger partial charge in [0.15, 0.2) is 0 Å². The molecule has 21 heavy (non-hydrogen) atoms. The van der Waals surface area contributed by atoms with Gasteiger partial charge in [-0.3, -0.25) is 4.79 Å². The third-order valence-corrected chi connectivity index (χ3v) is 3.61. The summed E-state index contributed by atoms with van der Waals surface area (Å²) in [6.45, 7) is 9.32. The molecule has 0 unspecified atom stereocenters. The number of nitrogens with zero attached hydrogens (tertiary/aromatic N) is 1. The van der Waals surface area contributed by atoms with Gasteiger partial charge in [0, 0.05) is 25.2 Å². The van der Waals surface area contributed by atoms with Crippen molar-refractivity contribution in [2.75, 3.05) is 36.5 Å². The van der Waals surface area contributed by atoms with Crippen LogP contribution < -0.4 is 10.2 Å². The summed E-state index contributed by atoms with van der Waals surface area (Å²) in [4.78, 5) is 14.2. The molecule has 0 spiro atoms. The van der Waals surface area contributed by atoms with E-state index < -0.39 is 0 Å². The first-order valence-electron chi connectivity index (χ1n) is 7.27. The first-order chi connectivity index (χ1) is 9.85. The largest absolute Gasteiger partial charge is 0.378 e. The SMILES string of the molecule is CC(C)(C)CC(=O)Nc1ccc(N2CCOCC2)cc1Cl. The van der Waals surface area contributed by atoms with E-state index in [9.17, 15) is 4.79 Å². The van der Waals surface area contributed by atoms with Gasteiger partial charge < -0.3 is 15.0 Å². The third-order valence-electron chi connectivity index (χ3n) is 3.29. The number of nitrogens with one attached hydrogen (secondary N) is 1. The molecule has 1 fully saturated rings. The van der Waals surface area contributed by atoms with Crippen molar-refractivity contribution in [1.82, 2.24) is 0 Å². The first kappa shape index (κ1) is 16.1. The van der Waals surface area contributed by atoms with Crippen LogP contribution in [0.4, 0.5) is 11.4 Å². The zero-order valence-corrected chi connectivity index (χ0v) is 13.7. The van der Waals surface area contributed by atoms with E-state index in [0.29, 0.717) is 17.1 Å². The fraction of sp³-hybridized carbons (Fsp3) is 0.562. The molecule has 2 rings (SSSR count). The van der Waals surface area contributed by atoms with Gasteiger partial charge in [0.25, 0.3) is 0 Å². The average Bonchev–Trinajstić information content (AvgIpc) is 2.40. The van der Waals surface area contributed by atoms with Gasteiger partial charge in [-0.2, -0.15) is 0 Å². The van der Waals surface area contributed by atoms with Gasteiger partial charge in [-0.05, 0) is 23.6 Å². The lowest BCUT2D eigenvalue weighted by Gasteiger charge is -2.29. The van der Waals surface area contributed by atoms with Crippen LogP contribution in [0, 0.1) is 5.41 Å². The number of ether oxygens (including phenoxy) is 1. The standard InChI is InChI=1S/C16H23ClN2O2/c1-16(2,3)11-15(20)18-14-5-4-12(10-13(14)17)19-6-8-21-9-7-19/h4-5,10H,6-9,11H2,1-3H3,(H,18,20). The number of amides is 1. The van der Waals surface area contributed by atoms with Crippen molar-refractivity contribution in [3.63, 3.8) is 0 Å². The molecule has 1 N–H and O–H groups in total. The number of hydrogen-bond donors (Lipinski definition) is 1. The second-order valence-corrected chi connectivity index (χ2v) is 6.96. The Kier molecular flexibility index (Phi) is 5.12. The molecule has 0 radical (unpaired) electrons. The van der Waals surface area contributed by atoms with Crippen molar-refractivity contribution < 1.29 is 9.53 Å². The molecule has 1 aliphatic rings. The second-order valence-electron chi connectivity index (χ2n) is 6.55. The van der Waals surface area contributed by atoms with Crippen LogP contribution in [-0.2, 0) is 9.53 Å². The molecule has 0 saturated carbocycles. The van der Waals surface area contributed by atoms with Crippen LogP contribution >= 0.6 is 11.6 Å². The van der Waals surface area contributed by atoms with E-state index in [1.807, 2.05) is 39.0 Å². The predicted octanol–water partition coefficient (Wildman–Crippen LogP) is 3.55. The Balaban J connectivity index is 2.03. The van der Waals surface area contributed by atoms with E-state index in [1.54, 1.807) is 0 Å². The van der Waals surface area contributed by atoms with Gasteiger partial charge in [-0.1, -0.05) is 32.4 Å². The highest BCUT2D eigenvalue weighted by Gasteiger charge is 2.17. The third kappa shape index (κ3) is 4.90. The molecule has 0 aromatic heterocycles. The van der Waals surface area contributed by atoms with E-state index in [1.165, 1.54) is 0 Å². The number of anilines is 2. The quantitative estimate of drug-likeness (QED) is 0.928. The molecule has 1 heterocycles. The van der Waals surface area contributed by atoms with Crippen molar-refractivity contribution in [2.24, 2.45) is 5.41 Å². The molecule has 5 heteroatoms. The maximum Gasteiger partial charge on any atom is 0.224 e. The van der Waals surface area contributed by atoms with Gasteiger partial charge in [0.1, 0.15) is 0 Å². The van der Waals surface area contributed by atoms with Crippen LogP contribution in [0.5, 0.6) is 0 Å². The van der Waals surface area contributed by atoms with Crippen LogP contribution in [-0.4, -0.2) is 32.2 Å². The number of carbonyl (C=O) groups excluding carboxylic acids is 1. The van der Waals surface area contributed by atoms with Gasteiger partial charge in [-0.25, -0.2) is 0 Å². The summed E-state index contributed by atoms with van der Waals surface area (Å²) in [6.07, 6.45) is 0.467. The van der Waals surface area contributed by atoms with Crippen LogP contribution in [0.15, 0.2) is 18.2 Å². The lowest BCUT2D eigenvalue weighted by Crippen LogP contribution is -2.36. The number of carbonyl (C=O) groups is 1. The van der Waals surface area contributed by atoms with E-state index in [-0.39, 0.29) is 11.3 Å². The normalized spacial score (nSPS) is 15.9. The molecular weight excluding hydrogens is 288 g/mol. The smallest absolute Gasteiger partial charge is 0.224 e. The summed E-state index contributed by atoms with van der Waals surface area (Å²) in [5, 5.41) is 3.45. The van der Waals surface area contributed by atoms with Gasteiger partial charge in [-0.15, -0.1) is 0 Å². The summed E-state index contributed by atoms with van der Waals surface area (Å²) >= 11 is 6.29. The first-order valence-corrected chi connectivity index (χ1v) is 7.65. The fourth-order valence-corrected chi connectivity index (χ4v) is 2.52. The highest BCUT2D eigenvalue weighted by atomic mass is 35.5. The Hall–Kier alpha value is -1.26. The van der Waals surface area contributed by atoms with Crippen molar-refractivity contribution in [2.45, 2.75) is 27.2 Å². The second kappa shape index (κ2) is 6.67. The Bertz CT molecular complexity index is 505. The van der Waals surface area contributed by atoms with E-state index in [4.69, 9.17) is 16.3 Å². The van der Waals surface area contributed by atoms with Gasteiger partial charge in [0.2, 0.25) is 5.91 Å². The lowest BCUT2D eigenvalue weighted by molar-refractivity contribution is -0.117. The summed E-state index contributed by atoms with van der Waals surface area (Å²) in [5.74, 6) is -0.0106. The number of morpholine rings is 1. The number of rotatable bonds is 3. The molecule has 116 valence electrons. The Morgan fingerprint density at radius 3 is 2.57 bits per heavy atom. The van der Waals surface area contributed by atoms with Gasteiger partial charge >= 0.3 is 0 Å². The van der Waals surface area contributed by atoms with E-state index in [2.05, 4.69) is 10.2 Å². The van der Waals surface area contributed by atoms with Gasteiger partial charge in [0.05, 0.1) is 23.9 Å². The maximum atomic E-state index is 12.0. The molecule has 0 bridgehead atoms. The average molecular weight is 311 g/mol. The number of halogens is 1. The molecule has 1 aliphatic heterocycles. The fourth-order valence-electron chi connectivity index (χ4n) is 2.30. The summed E-state index contributed by atoms with van der Waals surface area (Å²) in [5.41, 5.74) is 1.70. The highest BCUT2D eigenvalue weighted by molar-refractivity contribution is 6.34. The Labute approximate surface area is 131 Å². The molecule has 0 atom stereocenters. The summed E-state index contributed by atoms with van der Waals surface area (Å²) in [6, 6.07) is 5.76. The molecule has 1 saturated heterocycles. The maximum absolute atomic E-state index is 12.0. The van der Waals surface area contributed by atoms with Crippen molar-refractivity contribution in [3.8, 4) is 0 Å². The zero-order chi connectivity index (χ0) is 15.5.